The standard InChI is InChI=1S/C14H20N4O3/c1-13(2,3)21-12(20)17-6-4-14(5-7-17)8-10-16-15-9-18(10)11(14)19/h9H,4-8H2,1-3H3. The Morgan fingerprint density at radius 2 is 2.00 bits per heavy atom. The van der Waals surface area contributed by atoms with E-state index in [1.165, 1.54) is 6.33 Å². The van der Waals surface area contributed by atoms with Gasteiger partial charge in [-0.05, 0) is 33.6 Å². The minimum absolute atomic E-state index is 0.0614. The van der Waals surface area contributed by atoms with Crippen molar-refractivity contribution in [2.75, 3.05) is 13.1 Å². The summed E-state index contributed by atoms with van der Waals surface area (Å²) in [6.45, 7) is 6.63. The quantitative estimate of drug-likeness (QED) is 0.724. The molecule has 7 heteroatoms. The monoisotopic (exact) mass is 292 g/mol. The highest BCUT2D eigenvalue weighted by Crippen LogP contribution is 2.40. The molecule has 1 saturated heterocycles. The fourth-order valence-electron chi connectivity index (χ4n) is 3.02. The van der Waals surface area contributed by atoms with E-state index in [1.807, 2.05) is 20.8 Å². The van der Waals surface area contributed by atoms with Gasteiger partial charge in [-0.15, -0.1) is 10.2 Å². The predicted octanol–water partition coefficient (Wildman–Crippen LogP) is 1.49. The van der Waals surface area contributed by atoms with Crippen LogP contribution in [0.15, 0.2) is 6.33 Å². The molecule has 0 bridgehead atoms. The number of piperidine rings is 1. The Kier molecular flexibility index (Phi) is 3.04. The number of amides is 1. The van der Waals surface area contributed by atoms with Crippen molar-refractivity contribution < 1.29 is 14.3 Å². The van der Waals surface area contributed by atoms with Gasteiger partial charge in [0.05, 0.1) is 5.41 Å². The molecule has 2 aliphatic rings. The van der Waals surface area contributed by atoms with Crippen molar-refractivity contribution in [1.82, 2.24) is 19.7 Å². The molecular weight excluding hydrogens is 272 g/mol. The van der Waals surface area contributed by atoms with Gasteiger partial charge in [-0.1, -0.05) is 0 Å². The predicted molar refractivity (Wildman–Crippen MR) is 73.8 cm³/mol. The molecule has 0 unspecified atom stereocenters. The number of nitrogens with zero attached hydrogens (tertiary/aromatic N) is 4. The van der Waals surface area contributed by atoms with E-state index in [0.717, 1.165) is 5.82 Å². The number of aromatic nitrogens is 3. The normalized spacial score (nSPS) is 20.7. The van der Waals surface area contributed by atoms with Crippen LogP contribution in [-0.4, -0.2) is 50.4 Å². The van der Waals surface area contributed by atoms with Gasteiger partial charge in [0.15, 0.2) is 0 Å². The Hall–Kier alpha value is -1.92. The SMILES string of the molecule is CC(C)(C)OC(=O)N1CCC2(CC1)Cc1nncn1C2=O. The lowest BCUT2D eigenvalue weighted by molar-refractivity contribution is 0.0105. The van der Waals surface area contributed by atoms with Crippen LogP contribution in [0.25, 0.3) is 0 Å². The van der Waals surface area contributed by atoms with E-state index in [0.29, 0.717) is 32.4 Å². The van der Waals surface area contributed by atoms with Crippen molar-refractivity contribution in [2.45, 2.75) is 45.6 Å². The Labute approximate surface area is 123 Å². The Bertz CT molecular complexity index is 579. The van der Waals surface area contributed by atoms with Gasteiger partial charge in [0, 0.05) is 19.5 Å². The molecule has 2 aliphatic heterocycles. The van der Waals surface area contributed by atoms with Crippen molar-refractivity contribution in [3.63, 3.8) is 0 Å². The van der Waals surface area contributed by atoms with Crippen molar-refractivity contribution in [2.24, 2.45) is 5.41 Å². The summed E-state index contributed by atoms with van der Waals surface area (Å²) in [5, 5.41) is 7.75. The zero-order valence-electron chi connectivity index (χ0n) is 12.6. The fourth-order valence-corrected chi connectivity index (χ4v) is 3.02. The van der Waals surface area contributed by atoms with E-state index in [2.05, 4.69) is 10.2 Å². The third-order valence-corrected chi connectivity index (χ3v) is 4.16. The van der Waals surface area contributed by atoms with Crippen LogP contribution in [0.1, 0.15) is 44.2 Å². The van der Waals surface area contributed by atoms with Crippen molar-refractivity contribution in [3.05, 3.63) is 12.2 Å². The summed E-state index contributed by atoms with van der Waals surface area (Å²) in [6.07, 6.45) is 3.09. The van der Waals surface area contributed by atoms with Gasteiger partial charge in [0.25, 0.3) is 0 Å². The van der Waals surface area contributed by atoms with Gasteiger partial charge in [-0.2, -0.15) is 0 Å². The number of rotatable bonds is 0. The molecule has 1 aromatic heterocycles. The highest BCUT2D eigenvalue weighted by Gasteiger charge is 2.49. The number of carbonyl (C=O) groups is 2. The molecule has 1 spiro atoms. The highest BCUT2D eigenvalue weighted by atomic mass is 16.6. The lowest BCUT2D eigenvalue weighted by Crippen LogP contribution is -2.47. The van der Waals surface area contributed by atoms with Crippen LogP contribution in [0.4, 0.5) is 4.79 Å². The van der Waals surface area contributed by atoms with E-state index in [4.69, 9.17) is 4.74 Å². The molecule has 0 atom stereocenters. The van der Waals surface area contributed by atoms with Gasteiger partial charge in [0.2, 0.25) is 5.91 Å². The van der Waals surface area contributed by atoms with Crippen molar-refractivity contribution >= 4 is 12.0 Å². The van der Waals surface area contributed by atoms with E-state index < -0.39 is 11.0 Å². The van der Waals surface area contributed by atoms with Gasteiger partial charge in [-0.25, -0.2) is 4.79 Å². The summed E-state index contributed by atoms with van der Waals surface area (Å²) >= 11 is 0. The molecule has 1 fully saturated rings. The second-order valence-electron chi connectivity index (χ2n) is 6.85. The molecular formula is C14H20N4O3. The van der Waals surface area contributed by atoms with E-state index in [9.17, 15) is 9.59 Å². The number of likely N-dealkylation sites (tertiary alicyclic amines) is 1. The molecule has 0 aromatic carbocycles. The number of fused-ring (bicyclic) bond motifs is 1. The van der Waals surface area contributed by atoms with Crippen molar-refractivity contribution in [1.29, 1.82) is 0 Å². The van der Waals surface area contributed by atoms with Gasteiger partial charge >= 0.3 is 6.09 Å². The maximum absolute atomic E-state index is 12.5. The average Bonchev–Trinajstić information content (AvgIpc) is 2.92. The minimum atomic E-state index is -0.497. The maximum Gasteiger partial charge on any atom is 0.410 e. The third-order valence-electron chi connectivity index (χ3n) is 4.16. The van der Waals surface area contributed by atoms with E-state index >= 15 is 0 Å². The zero-order valence-corrected chi connectivity index (χ0v) is 12.6. The second-order valence-corrected chi connectivity index (χ2v) is 6.85. The average molecular weight is 292 g/mol. The Balaban J connectivity index is 1.65. The van der Waals surface area contributed by atoms with Crippen LogP contribution in [0, 0.1) is 5.41 Å². The zero-order chi connectivity index (χ0) is 15.3. The highest BCUT2D eigenvalue weighted by molar-refractivity contribution is 5.88. The summed E-state index contributed by atoms with van der Waals surface area (Å²) in [4.78, 5) is 26.2. The van der Waals surface area contributed by atoms with Gasteiger partial charge in [-0.3, -0.25) is 9.36 Å². The third kappa shape index (κ3) is 2.41. The van der Waals surface area contributed by atoms with Crippen LogP contribution in [0.3, 0.4) is 0 Å². The maximum atomic E-state index is 12.5. The first-order chi connectivity index (χ1) is 9.81. The minimum Gasteiger partial charge on any atom is -0.444 e. The summed E-state index contributed by atoms with van der Waals surface area (Å²) in [6, 6.07) is 0. The van der Waals surface area contributed by atoms with Crippen LogP contribution in [-0.2, 0) is 11.2 Å². The fraction of sp³-hybridized carbons (Fsp3) is 0.714. The number of carbonyl (C=O) groups excluding carboxylic acids is 2. The van der Waals surface area contributed by atoms with Crippen LogP contribution < -0.4 is 0 Å². The molecule has 1 amide bonds. The summed E-state index contributed by atoms with van der Waals surface area (Å²) in [5.74, 6) is 0.789. The second kappa shape index (κ2) is 4.54. The topological polar surface area (TPSA) is 77.3 Å². The molecule has 0 radical (unpaired) electrons. The first-order valence-corrected chi connectivity index (χ1v) is 7.22. The lowest BCUT2D eigenvalue weighted by atomic mass is 9.76. The number of hydrogen-bond donors (Lipinski definition) is 0. The lowest BCUT2D eigenvalue weighted by Gasteiger charge is -2.37. The van der Waals surface area contributed by atoms with Crippen LogP contribution >= 0.6 is 0 Å². The van der Waals surface area contributed by atoms with E-state index in [1.54, 1.807) is 9.47 Å². The Morgan fingerprint density at radius 1 is 1.33 bits per heavy atom. The van der Waals surface area contributed by atoms with Gasteiger partial charge in [0.1, 0.15) is 17.8 Å². The van der Waals surface area contributed by atoms with Crippen LogP contribution in [0.2, 0.25) is 0 Å². The molecule has 114 valence electrons. The molecule has 1 aromatic rings. The summed E-state index contributed by atoms with van der Waals surface area (Å²) < 4.78 is 6.92. The molecule has 0 saturated carbocycles. The van der Waals surface area contributed by atoms with Crippen LogP contribution in [0.5, 0.6) is 0 Å². The smallest absolute Gasteiger partial charge is 0.410 e. The first-order valence-electron chi connectivity index (χ1n) is 7.22. The molecule has 0 N–H and O–H groups in total. The Morgan fingerprint density at radius 3 is 2.57 bits per heavy atom. The first kappa shape index (κ1) is 14.0. The summed E-state index contributed by atoms with van der Waals surface area (Å²) in [7, 11) is 0. The molecule has 7 nitrogen and oxygen atoms in total. The summed E-state index contributed by atoms with van der Waals surface area (Å²) in [5.41, 5.74) is -0.910. The molecule has 3 rings (SSSR count). The molecule has 3 heterocycles. The largest absolute Gasteiger partial charge is 0.444 e. The molecule has 21 heavy (non-hydrogen) atoms. The van der Waals surface area contributed by atoms with E-state index in [-0.39, 0.29) is 12.0 Å². The number of ether oxygens (including phenoxy) is 1. The van der Waals surface area contributed by atoms with Gasteiger partial charge < -0.3 is 9.64 Å². The number of hydrogen-bond acceptors (Lipinski definition) is 5. The molecule has 0 aliphatic carbocycles. The van der Waals surface area contributed by atoms with Crippen molar-refractivity contribution in [3.8, 4) is 0 Å².